The Bertz CT molecular complexity index is 368. The number of amides is 2. The summed E-state index contributed by atoms with van der Waals surface area (Å²) in [6.07, 6.45) is 1.82. The molecular formula is C11H14N2O2S. The topological polar surface area (TPSA) is 72.2 Å². The molecule has 0 heterocycles. The fourth-order valence-electron chi connectivity index (χ4n) is 1.30. The maximum absolute atomic E-state index is 11.4. The second-order valence-corrected chi connectivity index (χ2v) is 4.11. The molecule has 0 radical (unpaired) electrons. The van der Waals surface area contributed by atoms with E-state index >= 15 is 0 Å². The van der Waals surface area contributed by atoms with Gasteiger partial charge in [-0.05, 0) is 11.8 Å². The van der Waals surface area contributed by atoms with E-state index in [0.29, 0.717) is 11.3 Å². The predicted octanol–water partition coefficient (Wildman–Crippen LogP) is 0.692. The van der Waals surface area contributed by atoms with Gasteiger partial charge in [-0.25, -0.2) is 0 Å². The van der Waals surface area contributed by atoms with Crippen LogP contribution in [0.3, 0.4) is 0 Å². The monoisotopic (exact) mass is 238 g/mol. The van der Waals surface area contributed by atoms with Gasteiger partial charge in [0, 0.05) is 0 Å². The Labute approximate surface area is 98.6 Å². The molecule has 3 N–H and O–H groups in total. The molecule has 0 bridgehead atoms. The van der Waals surface area contributed by atoms with Crippen molar-refractivity contribution in [2.24, 2.45) is 5.73 Å². The molecule has 16 heavy (non-hydrogen) atoms. The summed E-state index contributed by atoms with van der Waals surface area (Å²) >= 11 is 1.39. The first-order chi connectivity index (χ1) is 7.65. The van der Waals surface area contributed by atoms with Gasteiger partial charge in [-0.1, -0.05) is 30.3 Å². The standard InChI is InChI=1S/C11H14N2O2S/c1-16-7-9(14)13-10(11(12)15)8-5-3-2-4-6-8/h2-6,10H,7H2,1H3,(H2,12,15)(H,13,14). The van der Waals surface area contributed by atoms with Gasteiger partial charge < -0.3 is 11.1 Å². The molecule has 1 aromatic rings. The number of nitrogens with one attached hydrogen (secondary N) is 1. The molecule has 1 unspecified atom stereocenters. The van der Waals surface area contributed by atoms with Crippen molar-refractivity contribution in [3.05, 3.63) is 35.9 Å². The fourth-order valence-corrected chi connectivity index (χ4v) is 1.64. The quantitative estimate of drug-likeness (QED) is 0.793. The second-order valence-electron chi connectivity index (χ2n) is 3.25. The maximum Gasteiger partial charge on any atom is 0.244 e. The number of benzene rings is 1. The van der Waals surface area contributed by atoms with Crippen LogP contribution in [0.25, 0.3) is 0 Å². The predicted molar refractivity (Wildman–Crippen MR) is 64.9 cm³/mol. The minimum Gasteiger partial charge on any atom is -0.368 e. The molecule has 0 spiro atoms. The molecule has 0 saturated heterocycles. The van der Waals surface area contributed by atoms with Crippen LogP contribution in [0.4, 0.5) is 0 Å². The zero-order chi connectivity index (χ0) is 12.0. The van der Waals surface area contributed by atoms with Gasteiger partial charge in [-0.3, -0.25) is 9.59 Å². The number of hydrogen-bond acceptors (Lipinski definition) is 3. The third-order valence-electron chi connectivity index (χ3n) is 2.00. The van der Waals surface area contributed by atoms with E-state index in [1.54, 1.807) is 24.3 Å². The normalized spacial score (nSPS) is 11.8. The van der Waals surface area contributed by atoms with Gasteiger partial charge in [0.05, 0.1) is 5.75 Å². The van der Waals surface area contributed by atoms with Crippen molar-refractivity contribution in [2.45, 2.75) is 6.04 Å². The van der Waals surface area contributed by atoms with Crippen molar-refractivity contribution in [3.63, 3.8) is 0 Å². The van der Waals surface area contributed by atoms with Gasteiger partial charge in [0.15, 0.2) is 0 Å². The molecule has 1 rings (SSSR count). The molecule has 2 amide bonds. The molecule has 86 valence electrons. The van der Waals surface area contributed by atoms with Crippen molar-refractivity contribution < 1.29 is 9.59 Å². The van der Waals surface area contributed by atoms with Crippen LogP contribution in [-0.4, -0.2) is 23.8 Å². The van der Waals surface area contributed by atoms with Crippen molar-refractivity contribution in [2.75, 3.05) is 12.0 Å². The molecular weight excluding hydrogens is 224 g/mol. The van der Waals surface area contributed by atoms with Gasteiger partial charge in [-0.2, -0.15) is 11.8 Å². The van der Waals surface area contributed by atoms with Gasteiger partial charge >= 0.3 is 0 Å². The summed E-state index contributed by atoms with van der Waals surface area (Å²) in [5.41, 5.74) is 5.95. The number of primary amides is 1. The summed E-state index contributed by atoms with van der Waals surface area (Å²) in [4.78, 5) is 22.6. The average molecular weight is 238 g/mol. The Hall–Kier alpha value is -1.49. The lowest BCUT2D eigenvalue weighted by Crippen LogP contribution is -2.38. The Morgan fingerprint density at radius 3 is 2.50 bits per heavy atom. The molecule has 0 aliphatic carbocycles. The van der Waals surface area contributed by atoms with Crippen LogP contribution in [0.2, 0.25) is 0 Å². The number of hydrogen-bond donors (Lipinski definition) is 2. The summed E-state index contributed by atoms with van der Waals surface area (Å²) in [6.45, 7) is 0. The first-order valence-electron chi connectivity index (χ1n) is 4.77. The molecule has 0 aromatic heterocycles. The van der Waals surface area contributed by atoms with Crippen molar-refractivity contribution in [1.29, 1.82) is 0 Å². The highest BCUT2D eigenvalue weighted by atomic mass is 32.2. The number of carbonyl (C=O) groups excluding carboxylic acids is 2. The molecule has 4 nitrogen and oxygen atoms in total. The van der Waals surface area contributed by atoms with Gasteiger partial charge in [0.1, 0.15) is 6.04 Å². The molecule has 0 aliphatic rings. The van der Waals surface area contributed by atoms with Crippen LogP contribution in [-0.2, 0) is 9.59 Å². The van der Waals surface area contributed by atoms with Crippen molar-refractivity contribution in [1.82, 2.24) is 5.32 Å². The Morgan fingerprint density at radius 1 is 1.38 bits per heavy atom. The number of thioether (sulfide) groups is 1. The highest BCUT2D eigenvalue weighted by Gasteiger charge is 2.19. The van der Waals surface area contributed by atoms with Gasteiger partial charge in [0.25, 0.3) is 0 Å². The smallest absolute Gasteiger partial charge is 0.244 e. The number of carbonyl (C=O) groups is 2. The van der Waals surface area contributed by atoms with Crippen LogP contribution >= 0.6 is 11.8 Å². The van der Waals surface area contributed by atoms with Crippen LogP contribution in [0.1, 0.15) is 11.6 Å². The lowest BCUT2D eigenvalue weighted by molar-refractivity contribution is -0.126. The van der Waals surface area contributed by atoms with Crippen molar-refractivity contribution in [3.8, 4) is 0 Å². The molecule has 5 heteroatoms. The van der Waals surface area contributed by atoms with Crippen LogP contribution < -0.4 is 11.1 Å². The minimum absolute atomic E-state index is 0.194. The first kappa shape index (κ1) is 12.6. The molecule has 0 fully saturated rings. The lowest BCUT2D eigenvalue weighted by atomic mass is 10.1. The van der Waals surface area contributed by atoms with Crippen LogP contribution in [0.5, 0.6) is 0 Å². The van der Waals surface area contributed by atoms with Crippen LogP contribution in [0.15, 0.2) is 30.3 Å². The van der Waals surface area contributed by atoms with E-state index in [-0.39, 0.29) is 5.91 Å². The largest absolute Gasteiger partial charge is 0.368 e. The van der Waals surface area contributed by atoms with Crippen molar-refractivity contribution >= 4 is 23.6 Å². The summed E-state index contributed by atoms with van der Waals surface area (Å²) in [6, 6.07) is 8.20. The second kappa shape index (κ2) is 6.17. The zero-order valence-electron chi connectivity index (χ0n) is 8.97. The van der Waals surface area contributed by atoms with Gasteiger partial charge in [-0.15, -0.1) is 0 Å². The SMILES string of the molecule is CSCC(=O)NC(C(N)=O)c1ccccc1. The van der Waals surface area contributed by atoms with E-state index in [1.165, 1.54) is 11.8 Å². The molecule has 0 aliphatic heterocycles. The molecule has 1 atom stereocenters. The third kappa shape index (κ3) is 3.58. The minimum atomic E-state index is -0.749. The van der Waals surface area contributed by atoms with E-state index in [2.05, 4.69) is 5.32 Å². The summed E-state index contributed by atoms with van der Waals surface area (Å²) in [5.74, 6) is -0.433. The molecule has 0 saturated carbocycles. The summed E-state index contributed by atoms with van der Waals surface area (Å²) < 4.78 is 0. The van der Waals surface area contributed by atoms with E-state index in [9.17, 15) is 9.59 Å². The fraction of sp³-hybridized carbons (Fsp3) is 0.273. The first-order valence-corrected chi connectivity index (χ1v) is 6.17. The lowest BCUT2D eigenvalue weighted by Gasteiger charge is -2.15. The highest BCUT2D eigenvalue weighted by Crippen LogP contribution is 2.11. The van der Waals surface area contributed by atoms with Gasteiger partial charge in [0.2, 0.25) is 11.8 Å². The Morgan fingerprint density at radius 2 is 2.00 bits per heavy atom. The number of rotatable bonds is 5. The van der Waals surface area contributed by atoms with E-state index in [0.717, 1.165) is 0 Å². The van der Waals surface area contributed by atoms with E-state index < -0.39 is 11.9 Å². The summed E-state index contributed by atoms with van der Waals surface area (Å²) in [5, 5.41) is 2.60. The summed E-state index contributed by atoms with van der Waals surface area (Å²) in [7, 11) is 0. The van der Waals surface area contributed by atoms with Crippen LogP contribution in [0, 0.1) is 0 Å². The molecule has 1 aromatic carbocycles. The Kier molecular flexibility index (Phi) is 4.85. The third-order valence-corrected chi connectivity index (χ3v) is 2.55. The van der Waals surface area contributed by atoms with E-state index in [1.807, 2.05) is 12.3 Å². The highest BCUT2D eigenvalue weighted by molar-refractivity contribution is 7.99. The average Bonchev–Trinajstić information content (AvgIpc) is 2.27. The zero-order valence-corrected chi connectivity index (χ0v) is 9.79. The number of nitrogens with two attached hydrogens (primary N) is 1. The van der Waals surface area contributed by atoms with E-state index in [4.69, 9.17) is 5.73 Å². The maximum atomic E-state index is 11.4. The Balaban J connectivity index is 2.77.